The summed E-state index contributed by atoms with van der Waals surface area (Å²) in [4.78, 5) is 0. The molecule has 0 bridgehead atoms. The third kappa shape index (κ3) is 4.36. The van der Waals surface area contributed by atoms with Crippen LogP contribution < -0.4 is 10.5 Å². The molecule has 0 spiro atoms. The number of unbranched alkanes of at least 4 members (excludes halogenated alkanes) is 1. The fourth-order valence-electron chi connectivity index (χ4n) is 1.52. The van der Waals surface area contributed by atoms with Crippen molar-refractivity contribution >= 4 is 15.7 Å². The van der Waals surface area contributed by atoms with Gasteiger partial charge < -0.3 is 5.73 Å². The number of sulfonamides is 1. The maximum Gasteiger partial charge on any atom is 0.232 e. The van der Waals surface area contributed by atoms with E-state index in [1.54, 1.807) is 6.07 Å². The zero-order valence-electron chi connectivity index (χ0n) is 10.4. The maximum absolute atomic E-state index is 11.8. The Hall–Kier alpha value is -1.07. The first kappa shape index (κ1) is 14.0. The Bertz CT molecular complexity index is 469. The molecule has 1 rings (SSSR count). The van der Waals surface area contributed by atoms with E-state index in [9.17, 15) is 8.42 Å². The van der Waals surface area contributed by atoms with E-state index in [4.69, 9.17) is 5.73 Å². The van der Waals surface area contributed by atoms with Gasteiger partial charge in [0.15, 0.2) is 0 Å². The van der Waals surface area contributed by atoms with Gasteiger partial charge in [-0.3, -0.25) is 4.72 Å². The summed E-state index contributed by atoms with van der Waals surface area (Å²) in [6.07, 6.45) is 1.32. The summed E-state index contributed by atoms with van der Waals surface area (Å²) in [5.41, 5.74) is 8.05. The van der Waals surface area contributed by atoms with Crippen LogP contribution in [0, 0.1) is 13.8 Å². The Morgan fingerprint density at radius 2 is 1.94 bits per heavy atom. The summed E-state index contributed by atoms with van der Waals surface area (Å²) in [6, 6.07) is 5.59. The van der Waals surface area contributed by atoms with Gasteiger partial charge in [-0.25, -0.2) is 8.42 Å². The lowest BCUT2D eigenvalue weighted by molar-refractivity contribution is 0.597. The van der Waals surface area contributed by atoms with E-state index in [0.717, 1.165) is 17.5 Å². The van der Waals surface area contributed by atoms with E-state index in [0.29, 0.717) is 18.7 Å². The highest BCUT2D eigenvalue weighted by molar-refractivity contribution is 7.92. The highest BCUT2D eigenvalue weighted by Crippen LogP contribution is 2.19. The van der Waals surface area contributed by atoms with Crippen LogP contribution in [0.5, 0.6) is 0 Å². The van der Waals surface area contributed by atoms with Crippen LogP contribution in [0.3, 0.4) is 0 Å². The topological polar surface area (TPSA) is 72.2 Å². The summed E-state index contributed by atoms with van der Waals surface area (Å²) in [5, 5.41) is 0. The predicted molar refractivity (Wildman–Crippen MR) is 71.6 cm³/mol. The second-order valence-corrected chi connectivity index (χ2v) is 6.01. The van der Waals surface area contributed by atoms with Crippen molar-refractivity contribution in [3.63, 3.8) is 0 Å². The van der Waals surface area contributed by atoms with Gasteiger partial charge in [0.25, 0.3) is 0 Å². The summed E-state index contributed by atoms with van der Waals surface area (Å²) in [7, 11) is -3.25. The predicted octanol–water partition coefficient (Wildman–Crippen LogP) is 1.78. The van der Waals surface area contributed by atoms with E-state index in [1.165, 1.54) is 0 Å². The standard InChI is InChI=1S/C12H20N2O2S/c1-10-6-5-7-12(11(10)2)14-17(15,16)9-4-3-8-13/h5-7,14H,3-4,8-9,13H2,1-2H3. The van der Waals surface area contributed by atoms with Gasteiger partial charge in [0.2, 0.25) is 10.0 Å². The molecule has 0 aliphatic heterocycles. The molecule has 0 radical (unpaired) electrons. The molecule has 0 aromatic heterocycles. The molecule has 0 atom stereocenters. The van der Waals surface area contributed by atoms with Crippen molar-refractivity contribution in [1.29, 1.82) is 0 Å². The second kappa shape index (κ2) is 6.02. The van der Waals surface area contributed by atoms with Crippen LogP contribution in [0.25, 0.3) is 0 Å². The lowest BCUT2D eigenvalue weighted by Gasteiger charge is -2.11. The summed E-state index contributed by atoms with van der Waals surface area (Å²) >= 11 is 0. The maximum atomic E-state index is 11.8. The van der Waals surface area contributed by atoms with Crippen molar-refractivity contribution < 1.29 is 8.42 Å². The molecule has 0 heterocycles. The molecule has 0 unspecified atom stereocenters. The molecule has 96 valence electrons. The molecule has 0 amide bonds. The number of hydrogen-bond donors (Lipinski definition) is 2. The van der Waals surface area contributed by atoms with Gasteiger partial charge >= 0.3 is 0 Å². The van der Waals surface area contributed by atoms with Crippen LogP contribution in [-0.2, 0) is 10.0 Å². The molecular formula is C12H20N2O2S. The summed E-state index contributed by atoms with van der Waals surface area (Å²) < 4.78 is 26.2. The molecule has 0 aliphatic rings. The van der Waals surface area contributed by atoms with Gasteiger partial charge in [-0.15, -0.1) is 0 Å². The average molecular weight is 256 g/mol. The summed E-state index contributed by atoms with van der Waals surface area (Å²) in [6.45, 7) is 4.40. The third-order valence-corrected chi connectivity index (χ3v) is 4.09. The van der Waals surface area contributed by atoms with Crippen molar-refractivity contribution in [3.05, 3.63) is 29.3 Å². The van der Waals surface area contributed by atoms with Gasteiger partial charge in [0, 0.05) is 0 Å². The van der Waals surface area contributed by atoms with Gasteiger partial charge in [-0.2, -0.15) is 0 Å². The van der Waals surface area contributed by atoms with Crippen LogP contribution in [0.15, 0.2) is 18.2 Å². The lowest BCUT2D eigenvalue weighted by atomic mass is 10.1. The van der Waals surface area contributed by atoms with Crippen molar-refractivity contribution in [1.82, 2.24) is 0 Å². The molecule has 3 N–H and O–H groups in total. The first-order chi connectivity index (χ1) is 7.96. The number of anilines is 1. The van der Waals surface area contributed by atoms with E-state index < -0.39 is 10.0 Å². The third-order valence-electron chi connectivity index (χ3n) is 2.74. The Kier molecular flexibility index (Phi) is 4.96. The van der Waals surface area contributed by atoms with Crippen LogP contribution in [-0.4, -0.2) is 20.7 Å². The molecule has 0 saturated carbocycles. The fraction of sp³-hybridized carbons (Fsp3) is 0.500. The van der Waals surface area contributed by atoms with E-state index in [2.05, 4.69) is 4.72 Å². The number of hydrogen-bond acceptors (Lipinski definition) is 3. The lowest BCUT2D eigenvalue weighted by Crippen LogP contribution is -2.18. The molecule has 0 aliphatic carbocycles. The van der Waals surface area contributed by atoms with E-state index in [-0.39, 0.29) is 5.75 Å². The number of benzene rings is 1. The van der Waals surface area contributed by atoms with Crippen molar-refractivity contribution in [2.75, 3.05) is 17.0 Å². The quantitative estimate of drug-likeness (QED) is 0.762. The highest BCUT2D eigenvalue weighted by atomic mass is 32.2. The van der Waals surface area contributed by atoms with Crippen molar-refractivity contribution in [2.24, 2.45) is 5.73 Å². The van der Waals surface area contributed by atoms with Crippen LogP contribution in [0.2, 0.25) is 0 Å². The SMILES string of the molecule is Cc1cccc(NS(=O)(=O)CCCCN)c1C. The molecule has 1 aromatic rings. The number of nitrogens with two attached hydrogens (primary N) is 1. The van der Waals surface area contributed by atoms with E-state index in [1.807, 2.05) is 26.0 Å². The highest BCUT2D eigenvalue weighted by Gasteiger charge is 2.11. The zero-order valence-corrected chi connectivity index (χ0v) is 11.2. The smallest absolute Gasteiger partial charge is 0.232 e. The molecule has 1 aromatic carbocycles. The van der Waals surface area contributed by atoms with Crippen molar-refractivity contribution in [2.45, 2.75) is 26.7 Å². The molecular weight excluding hydrogens is 236 g/mol. The van der Waals surface area contributed by atoms with Crippen LogP contribution >= 0.6 is 0 Å². The molecule has 0 saturated heterocycles. The fourth-order valence-corrected chi connectivity index (χ4v) is 2.76. The van der Waals surface area contributed by atoms with Gasteiger partial charge in [-0.1, -0.05) is 12.1 Å². The largest absolute Gasteiger partial charge is 0.330 e. The molecule has 5 heteroatoms. The average Bonchev–Trinajstić information content (AvgIpc) is 2.25. The Balaban J connectivity index is 2.73. The van der Waals surface area contributed by atoms with Crippen LogP contribution in [0.1, 0.15) is 24.0 Å². The number of rotatable bonds is 6. The minimum atomic E-state index is -3.25. The monoisotopic (exact) mass is 256 g/mol. The van der Waals surface area contributed by atoms with Gasteiger partial charge in [0.1, 0.15) is 0 Å². The first-order valence-corrected chi connectivity index (χ1v) is 7.38. The minimum absolute atomic E-state index is 0.123. The van der Waals surface area contributed by atoms with Crippen molar-refractivity contribution in [3.8, 4) is 0 Å². The molecule has 4 nitrogen and oxygen atoms in total. The first-order valence-electron chi connectivity index (χ1n) is 5.73. The minimum Gasteiger partial charge on any atom is -0.330 e. The zero-order chi connectivity index (χ0) is 12.9. The second-order valence-electron chi connectivity index (χ2n) is 4.16. The number of aryl methyl sites for hydroxylation is 1. The van der Waals surface area contributed by atoms with Gasteiger partial charge in [0.05, 0.1) is 11.4 Å². The van der Waals surface area contributed by atoms with Gasteiger partial charge in [-0.05, 0) is 50.4 Å². The molecule has 17 heavy (non-hydrogen) atoms. The number of nitrogens with one attached hydrogen (secondary N) is 1. The Labute approximate surface area is 103 Å². The van der Waals surface area contributed by atoms with E-state index >= 15 is 0 Å². The van der Waals surface area contributed by atoms with Crippen LogP contribution in [0.4, 0.5) is 5.69 Å². The Morgan fingerprint density at radius 1 is 1.24 bits per heavy atom. The summed E-state index contributed by atoms with van der Waals surface area (Å²) in [5.74, 6) is 0.123. The Morgan fingerprint density at radius 3 is 2.59 bits per heavy atom. The normalized spacial score (nSPS) is 11.5. The molecule has 0 fully saturated rings.